The highest BCUT2D eigenvalue weighted by molar-refractivity contribution is 5.81. The van der Waals surface area contributed by atoms with Gasteiger partial charge in [0.15, 0.2) is 12.0 Å². The zero-order chi connectivity index (χ0) is 13.0. The molecule has 0 fully saturated rings. The first-order chi connectivity index (χ1) is 8.74. The molecule has 0 saturated carbocycles. The molecule has 4 heteroatoms. The van der Waals surface area contributed by atoms with Gasteiger partial charge >= 0.3 is 0 Å². The third kappa shape index (κ3) is 2.48. The minimum Gasteiger partial charge on any atom is -0.453 e. The van der Waals surface area contributed by atoms with Crippen molar-refractivity contribution >= 4 is 12.2 Å². The van der Waals surface area contributed by atoms with Crippen LogP contribution in [0, 0.1) is 0 Å². The van der Waals surface area contributed by atoms with Crippen LogP contribution in [-0.4, -0.2) is 19.2 Å². The second-order valence-corrected chi connectivity index (χ2v) is 3.83. The average Bonchev–Trinajstić information content (AvgIpc) is 2.88. The fourth-order valence-electron chi connectivity index (χ4n) is 1.74. The topological polar surface area (TPSA) is 59.3 Å². The summed E-state index contributed by atoms with van der Waals surface area (Å²) in [5.74, 6) is 0.806. The van der Waals surface area contributed by atoms with Crippen LogP contribution in [0.15, 0.2) is 40.8 Å². The molecule has 0 saturated heterocycles. The van der Waals surface area contributed by atoms with E-state index in [1.165, 1.54) is 0 Å². The van der Waals surface area contributed by atoms with Crippen LogP contribution in [-0.2, 0) is 11.2 Å². The molecule has 0 aliphatic carbocycles. The first kappa shape index (κ1) is 12.1. The predicted octanol–water partition coefficient (Wildman–Crippen LogP) is 2.05. The Bertz CT molecular complexity index is 572. The van der Waals surface area contributed by atoms with Crippen molar-refractivity contribution in [1.82, 2.24) is 5.32 Å². The summed E-state index contributed by atoms with van der Waals surface area (Å²) >= 11 is 0. The van der Waals surface area contributed by atoms with E-state index in [0.29, 0.717) is 12.0 Å². The number of nitrogens with one attached hydrogen (secondary N) is 1. The lowest BCUT2D eigenvalue weighted by molar-refractivity contribution is -0.119. The zero-order valence-corrected chi connectivity index (χ0v) is 9.97. The van der Waals surface area contributed by atoms with Gasteiger partial charge in [-0.3, -0.25) is 9.59 Å². The van der Waals surface area contributed by atoms with Crippen LogP contribution < -0.4 is 5.32 Å². The van der Waals surface area contributed by atoms with E-state index in [2.05, 4.69) is 5.32 Å². The van der Waals surface area contributed by atoms with Gasteiger partial charge in [-0.2, -0.15) is 0 Å². The Hall–Kier alpha value is -2.36. The summed E-state index contributed by atoms with van der Waals surface area (Å²) < 4.78 is 5.37. The van der Waals surface area contributed by atoms with Gasteiger partial charge in [-0.25, -0.2) is 0 Å². The minimum absolute atomic E-state index is 0.0652. The maximum absolute atomic E-state index is 11.4. The van der Waals surface area contributed by atoms with Crippen molar-refractivity contribution in [2.24, 2.45) is 0 Å². The van der Waals surface area contributed by atoms with Crippen LogP contribution in [0.25, 0.3) is 11.3 Å². The van der Waals surface area contributed by atoms with Crippen molar-refractivity contribution in [3.05, 3.63) is 47.7 Å². The summed E-state index contributed by atoms with van der Waals surface area (Å²) in [6.07, 6.45) is 0.939. The molecule has 0 bridgehead atoms. The SMILES string of the molecule is CNC(=O)Cc1ccccc1-c1ccc(C=O)o1. The summed E-state index contributed by atoms with van der Waals surface area (Å²) in [5, 5.41) is 2.58. The molecule has 2 rings (SSSR count). The summed E-state index contributed by atoms with van der Waals surface area (Å²) in [6, 6.07) is 10.8. The van der Waals surface area contributed by atoms with Gasteiger partial charge in [0.2, 0.25) is 5.91 Å². The largest absolute Gasteiger partial charge is 0.453 e. The average molecular weight is 243 g/mol. The van der Waals surface area contributed by atoms with E-state index >= 15 is 0 Å². The van der Waals surface area contributed by atoms with Gasteiger partial charge in [-0.1, -0.05) is 24.3 Å². The van der Waals surface area contributed by atoms with Crippen LogP contribution in [0.5, 0.6) is 0 Å². The third-order valence-corrected chi connectivity index (χ3v) is 2.66. The Morgan fingerprint density at radius 1 is 1.28 bits per heavy atom. The van der Waals surface area contributed by atoms with Crippen molar-refractivity contribution < 1.29 is 14.0 Å². The van der Waals surface area contributed by atoms with Crippen molar-refractivity contribution in [2.75, 3.05) is 7.05 Å². The third-order valence-electron chi connectivity index (χ3n) is 2.66. The summed E-state index contributed by atoms with van der Waals surface area (Å²) in [6.45, 7) is 0. The fourth-order valence-corrected chi connectivity index (χ4v) is 1.74. The number of carbonyl (C=O) groups excluding carboxylic acids is 2. The Balaban J connectivity index is 2.37. The molecule has 1 aromatic heterocycles. The molecule has 0 unspecified atom stereocenters. The highest BCUT2D eigenvalue weighted by Crippen LogP contribution is 2.25. The van der Waals surface area contributed by atoms with Gasteiger partial charge < -0.3 is 9.73 Å². The molecule has 0 atom stereocenters. The van der Waals surface area contributed by atoms with Gasteiger partial charge in [0.05, 0.1) is 6.42 Å². The van der Waals surface area contributed by atoms with E-state index < -0.39 is 0 Å². The molecule has 0 spiro atoms. The predicted molar refractivity (Wildman–Crippen MR) is 67.3 cm³/mol. The smallest absolute Gasteiger partial charge is 0.224 e. The monoisotopic (exact) mass is 243 g/mol. The fraction of sp³-hybridized carbons (Fsp3) is 0.143. The lowest BCUT2D eigenvalue weighted by Gasteiger charge is -2.06. The first-order valence-electron chi connectivity index (χ1n) is 5.58. The van der Waals surface area contributed by atoms with Crippen LogP contribution in [0.1, 0.15) is 16.1 Å². The van der Waals surface area contributed by atoms with Crippen molar-refractivity contribution in [1.29, 1.82) is 0 Å². The second kappa shape index (κ2) is 5.31. The normalized spacial score (nSPS) is 10.1. The number of rotatable bonds is 4. The van der Waals surface area contributed by atoms with E-state index in [0.717, 1.165) is 11.1 Å². The van der Waals surface area contributed by atoms with Gasteiger partial charge in [0, 0.05) is 12.6 Å². The lowest BCUT2D eigenvalue weighted by Crippen LogP contribution is -2.20. The molecular formula is C14H13NO3. The van der Waals surface area contributed by atoms with Gasteiger partial charge in [0.1, 0.15) is 5.76 Å². The van der Waals surface area contributed by atoms with Crippen LogP contribution in [0.4, 0.5) is 0 Å². The van der Waals surface area contributed by atoms with Gasteiger partial charge in [0.25, 0.3) is 0 Å². The van der Waals surface area contributed by atoms with Crippen molar-refractivity contribution in [3.8, 4) is 11.3 Å². The number of likely N-dealkylation sites (N-methyl/N-ethyl adjacent to an activating group) is 1. The zero-order valence-electron chi connectivity index (χ0n) is 9.97. The molecule has 0 aliphatic rings. The Kier molecular flexibility index (Phi) is 3.57. The molecule has 4 nitrogen and oxygen atoms in total. The molecule has 1 aromatic carbocycles. The van der Waals surface area contributed by atoms with Crippen molar-refractivity contribution in [2.45, 2.75) is 6.42 Å². The maximum Gasteiger partial charge on any atom is 0.224 e. The number of amides is 1. The molecular weight excluding hydrogens is 230 g/mol. The highest BCUT2D eigenvalue weighted by atomic mass is 16.3. The summed E-state index contributed by atoms with van der Waals surface area (Å²) in [7, 11) is 1.60. The number of benzene rings is 1. The summed E-state index contributed by atoms with van der Waals surface area (Å²) in [5.41, 5.74) is 1.69. The van der Waals surface area contributed by atoms with E-state index in [9.17, 15) is 9.59 Å². The highest BCUT2D eigenvalue weighted by Gasteiger charge is 2.11. The standard InChI is InChI=1S/C14H13NO3/c1-15-14(17)8-10-4-2-3-5-12(10)13-7-6-11(9-16)18-13/h2-7,9H,8H2,1H3,(H,15,17). The van der Waals surface area contributed by atoms with Crippen LogP contribution in [0.3, 0.4) is 0 Å². The Morgan fingerprint density at radius 3 is 2.72 bits per heavy atom. The number of aldehydes is 1. The van der Waals surface area contributed by atoms with Crippen LogP contribution in [0.2, 0.25) is 0 Å². The molecule has 1 N–H and O–H groups in total. The van der Waals surface area contributed by atoms with E-state index in [4.69, 9.17) is 4.42 Å². The van der Waals surface area contributed by atoms with E-state index in [-0.39, 0.29) is 18.1 Å². The molecule has 1 amide bonds. The lowest BCUT2D eigenvalue weighted by atomic mass is 10.0. The number of furan rings is 1. The number of hydrogen-bond acceptors (Lipinski definition) is 3. The second-order valence-electron chi connectivity index (χ2n) is 3.83. The first-order valence-corrected chi connectivity index (χ1v) is 5.58. The van der Waals surface area contributed by atoms with E-state index in [1.54, 1.807) is 19.2 Å². The number of hydrogen-bond donors (Lipinski definition) is 1. The molecule has 0 aliphatic heterocycles. The Morgan fingerprint density at radius 2 is 2.06 bits per heavy atom. The van der Waals surface area contributed by atoms with Crippen LogP contribution >= 0.6 is 0 Å². The van der Waals surface area contributed by atoms with Gasteiger partial charge in [-0.05, 0) is 17.7 Å². The van der Waals surface area contributed by atoms with Gasteiger partial charge in [-0.15, -0.1) is 0 Å². The molecule has 2 aromatic rings. The quantitative estimate of drug-likeness (QED) is 0.836. The minimum atomic E-state index is -0.0652. The Labute approximate surface area is 105 Å². The van der Waals surface area contributed by atoms with E-state index in [1.807, 2.05) is 24.3 Å². The summed E-state index contributed by atoms with van der Waals surface area (Å²) in [4.78, 5) is 22.0. The molecule has 18 heavy (non-hydrogen) atoms. The number of carbonyl (C=O) groups is 2. The molecule has 0 radical (unpaired) electrons. The van der Waals surface area contributed by atoms with Crippen molar-refractivity contribution in [3.63, 3.8) is 0 Å². The maximum atomic E-state index is 11.4. The molecule has 1 heterocycles. The molecule has 92 valence electrons.